The quantitative estimate of drug-likeness (QED) is 0.798. The highest BCUT2D eigenvalue weighted by Gasteiger charge is 2.31. The molecule has 118 valence electrons. The van der Waals surface area contributed by atoms with Crippen LogP contribution in [0.4, 0.5) is 5.13 Å². The first-order valence-corrected chi connectivity index (χ1v) is 8.28. The highest BCUT2D eigenvalue weighted by molar-refractivity contribution is 7.14. The number of imidazole rings is 1. The third kappa shape index (κ3) is 2.65. The summed E-state index contributed by atoms with van der Waals surface area (Å²) in [5.74, 6) is 1.05. The van der Waals surface area contributed by atoms with Crippen LogP contribution in [0.3, 0.4) is 0 Å². The van der Waals surface area contributed by atoms with E-state index >= 15 is 0 Å². The molecule has 0 saturated heterocycles. The number of aryl methyl sites for hydroxylation is 2. The lowest BCUT2D eigenvalue weighted by Gasteiger charge is -2.01. The SMILES string of the molecule is Cn1cc(C(=O)Nc2nc(-c3nccn3C)cs2)c(C2CC2)n1. The van der Waals surface area contributed by atoms with Gasteiger partial charge in [0.25, 0.3) is 5.91 Å². The topological polar surface area (TPSA) is 77.6 Å². The number of thiazole rings is 1. The monoisotopic (exact) mass is 328 g/mol. The second kappa shape index (κ2) is 5.31. The lowest BCUT2D eigenvalue weighted by molar-refractivity contribution is 0.102. The van der Waals surface area contributed by atoms with E-state index in [4.69, 9.17) is 0 Å². The fourth-order valence-electron chi connectivity index (χ4n) is 2.55. The van der Waals surface area contributed by atoms with Crippen LogP contribution in [-0.2, 0) is 14.1 Å². The van der Waals surface area contributed by atoms with Crippen molar-refractivity contribution in [1.82, 2.24) is 24.3 Å². The van der Waals surface area contributed by atoms with E-state index in [0.29, 0.717) is 16.6 Å². The largest absolute Gasteiger partial charge is 0.333 e. The summed E-state index contributed by atoms with van der Waals surface area (Å²) >= 11 is 1.39. The Morgan fingerprint density at radius 2 is 2.22 bits per heavy atom. The molecule has 1 aliphatic carbocycles. The lowest BCUT2D eigenvalue weighted by atomic mass is 10.2. The molecule has 23 heavy (non-hydrogen) atoms. The molecule has 0 spiro atoms. The summed E-state index contributed by atoms with van der Waals surface area (Å²) in [4.78, 5) is 21.2. The number of carbonyl (C=O) groups excluding carboxylic acids is 1. The highest BCUT2D eigenvalue weighted by Crippen LogP contribution is 2.40. The number of nitrogens with zero attached hydrogens (tertiary/aromatic N) is 5. The van der Waals surface area contributed by atoms with Gasteiger partial charge in [-0.05, 0) is 12.8 Å². The van der Waals surface area contributed by atoms with Gasteiger partial charge >= 0.3 is 0 Å². The molecule has 1 aliphatic rings. The molecule has 3 aromatic rings. The Morgan fingerprint density at radius 1 is 1.39 bits per heavy atom. The summed E-state index contributed by atoms with van der Waals surface area (Å²) in [6.07, 6.45) is 7.58. The Labute approximate surface area is 137 Å². The van der Waals surface area contributed by atoms with Crippen LogP contribution < -0.4 is 5.32 Å². The Hall–Kier alpha value is -2.48. The Balaban J connectivity index is 1.56. The fourth-order valence-corrected chi connectivity index (χ4v) is 3.23. The van der Waals surface area contributed by atoms with E-state index in [9.17, 15) is 4.79 Å². The van der Waals surface area contributed by atoms with Gasteiger partial charge in [-0.3, -0.25) is 14.8 Å². The van der Waals surface area contributed by atoms with Gasteiger partial charge in [0.2, 0.25) is 0 Å². The van der Waals surface area contributed by atoms with Crippen LogP contribution in [-0.4, -0.2) is 30.2 Å². The predicted molar refractivity (Wildman–Crippen MR) is 87.5 cm³/mol. The van der Waals surface area contributed by atoms with Gasteiger partial charge in [0.1, 0.15) is 5.69 Å². The number of carbonyl (C=O) groups is 1. The molecule has 3 aromatic heterocycles. The minimum atomic E-state index is -0.152. The average Bonchev–Trinajstić information content (AvgIpc) is 2.91. The predicted octanol–water partition coefficient (Wildman–Crippen LogP) is 2.41. The van der Waals surface area contributed by atoms with Crippen molar-refractivity contribution < 1.29 is 4.79 Å². The van der Waals surface area contributed by atoms with E-state index in [2.05, 4.69) is 20.4 Å². The summed E-state index contributed by atoms with van der Waals surface area (Å²) in [6, 6.07) is 0. The number of hydrogen-bond donors (Lipinski definition) is 1. The van der Waals surface area contributed by atoms with Crippen molar-refractivity contribution in [3.63, 3.8) is 0 Å². The van der Waals surface area contributed by atoms with Crippen molar-refractivity contribution in [3.8, 4) is 11.5 Å². The number of rotatable bonds is 4. The maximum atomic E-state index is 12.5. The van der Waals surface area contributed by atoms with Gasteiger partial charge in [0, 0.05) is 44.0 Å². The zero-order valence-electron chi connectivity index (χ0n) is 12.9. The van der Waals surface area contributed by atoms with Crippen LogP contribution in [0.15, 0.2) is 24.0 Å². The zero-order chi connectivity index (χ0) is 16.0. The maximum absolute atomic E-state index is 12.5. The number of anilines is 1. The summed E-state index contributed by atoms with van der Waals surface area (Å²) in [5.41, 5.74) is 2.29. The van der Waals surface area contributed by atoms with Gasteiger partial charge in [-0.15, -0.1) is 11.3 Å². The van der Waals surface area contributed by atoms with Gasteiger partial charge in [0.05, 0.1) is 11.3 Å². The first-order chi connectivity index (χ1) is 11.1. The van der Waals surface area contributed by atoms with E-state index in [-0.39, 0.29) is 5.91 Å². The van der Waals surface area contributed by atoms with Gasteiger partial charge in [0.15, 0.2) is 11.0 Å². The van der Waals surface area contributed by atoms with Crippen LogP contribution in [0.25, 0.3) is 11.5 Å². The molecule has 3 heterocycles. The van der Waals surface area contributed by atoms with Crippen molar-refractivity contribution >= 4 is 22.4 Å². The fraction of sp³-hybridized carbons (Fsp3) is 0.333. The summed E-state index contributed by atoms with van der Waals surface area (Å²) in [7, 11) is 3.75. The maximum Gasteiger partial charge on any atom is 0.260 e. The number of hydrogen-bond acceptors (Lipinski definition) is 5. The molecule has 0 aliphatic heterocycles. The zero-order valence-corrected chi connectivity index (χ0v) is 13.7. The van der Waals surface area contributed by atoms with Crippen LogP contribution in [0.5, 0.6) is 0 Å². The van der Waals surface area contributed by atoms with Crippen LogP contribution in [0.2, 0.25) is 0 Å². The Bertz CT molecular complexity index is 872. The molecule has 7 nitrogen and oxygen atoms in total. The lowest BCUT2D eigenvalue weighted by Crippen LogP contribution is -2.13. The molecule has 4 rings (SSSR count). The second-order valence-corrected chi connectivity index (χ2v) is 6.59. The van der Waals surface area contributed by atoms with Crippen LogP contribution in [0, 0.1) is 0 Å². The van der Waals surface area contributed by atoms with E-state index in [0.717, 1.165) is 30.1 Å². The molecule has 1 saturated carbocycles. The molecule has 0 atom stereocenters. The molecule has 1 N–H and O–H groups in total. The number of nitrogens with one attached hydrogen (secondary N) is 1. The number of amides is 1. The molecule has 1 amide bonds. The van der Waals surface area contributed by atoms with Gasteiger partial charge in [-0.1, -0.05) is 0 Å². The molecule has 0 aromatic carbocycles. The molecule has 0 radical (unpaired) electrons. The molecule has 0 unspecified atom stereocenters. The summed E-state index contributed by atoms with van der Waals surface area (Å²) < 4.78 is 3.59. The Kier molecular flexibility index (Phi) is 3.26. The van der Waals surface area contributed by atoms with Gasteiger partial charge in [-0.2, -0.15) is 5.10 Å². The average molecular weight is 328 g/mol. The molecule has 1 fully saturated rings. The van der Waals surface area contributed by atoms with E-state index < -0.39 is 0 Å². The van der Waals surface area contributed by atoms with Crippen LogP contribution in [0.1, 0.15) is 34.8 Å². The van der Waals surface area contributed by atoms with Crippen molar-refractivity contribution in [1.29, 1.82) is 0 Å². The van der Waals surface area contributed by atoms with Gasteiger partial charge in [-0.25, -0.2) is 9.97 Å². The van der Waals surface area contributed by atoms with E-state index in [1.54, 1.807) is 17.1 Å². The number of aromatic nitrogens is 5. The molecular weight excluding hydrogens is 312 g/mol. The van der Waals surface area contributed by atoms with E-state index in [1.807, 2.05) is 30.2 Å². The smallest absolute Gasteiger partial charge is 0.260 e. The minimum Gasteiger partial charge on any atom is -0.333 e. The van der Waals surface area contributed by atoms with Crippen LogP contribution >= 0.6 is 11.3 Å². The summed E-state index contributed by atoms with van der Waals surface area (Å²) in [5, 5.41) is 9.75. The third-order valence-electron chi connectivity index (χ3n) is 3.84. The molecular formula is C15H16N6OS. The highest BCUT2D eigenvalue weighted by atomic mass is 32.1. The third-order valence-corrected chi connectivity index (χ3v) is 4.60. The van der Waals surface area contributed by atoms with E-state index in [1.165, 1.54) is 11.3 Å². The van der Waals surface area contributed by atoms with Crippen molar-refractivity contribution in [2.24, 2.45) is 14.1 Å². The van der Waals surface area contributed by atoms with Crippen molar-refractivity contribution in [2.75, 3.05) is 5.32 Å². The normalized spacial score (nSPS) is 14.2. The standard InChI is InChI=1S/C15H16N6OS/c1-20-6-5-16-13(20)11-8-23-15(17-11)18-14(22)10-7-21(2)19-12(10)9-3-4-9/h5-9H,3-4H2,1-2H3,(H,17,18,22). The molecule has 0 bridgehead atoms. The second-order valence-electron chi connectivity index (χ2n) is 5.73. The summed E-state index contributed by atoms with van der Waals surface area (Å²) in [6.45, 7) is 0. The first-order valence-electron chi connectivity index (χ1n) is 7.40. The first kappa shape index (κ1) is 14.1. The van der Waals surface area contributed by atoms with Crippen molar-refractivity contribution in [3.05, 3.63) is 35.2 Å². The van der Waals surface area contributed by atoms with Crippen molar-refractivity contribution in [2.45, 2.75) is 18.8 Å². The Morgan fingerprint density at radius 3 is 2.91 bits per heavy atom. The van der Waals surface area contributed by atoms with Gasteiger partial charge < -0.3 is 4.57 Å². The minimum absolute atomic E-state index is 0.152. The molecule has 8 heteroatoms.